The standard InChI is InChI=1S/C40H48N2S6/c1-7-11-13-27(9-3)23-48(24-28(10-4)14-12-8-2)35-21-26(6)44-39(35)40-36(48)22-34(46-40)33-20-19-32(45-33)30-17-16-29(31-18-15-25(5)43-31)37-38(30)42-47-41-37/h15-22,27-28H,7-14,23-24H2,1-6H3. The third-order valence-corrected chi connectivity index (χ3v) is 20.1. The Kier molecular flexibility index (Phi) is 10.7. The Balaban J connectivity index is 1.29. The van der Waals surface area contributed by atoms with E-state index in [1.54, 1.807) is 19.5 Å². The Morgan fingerprint density at radius 1 is 0.583 bits per heavy atom. The molecule has 6 heterocycles. The maximum atomic E-state index is 4.82. The zero-order chi connectivity index (χ0) is 33.4. The summed E-state index contributed by atoms with van der Waals surface area (Å²) < 4.78 is 9.59. The molecule has 0 saturated heterocycles. The molecule has 0 spiro atoms. The van der Waals surface area contributed by atoms with Crippen molar-refractivity contribution in [1.29, 1.82) is 0 Å². The molecular formula is C40H48N2S6. The van der Waals surface area contributed by atoms with Crippen molar-refractivity contribution in [2.45, 2.75) is 103 Å². The average molecular weight is 749 g/mol. The zero-order valence-electron chi connectivity index (χ0n) is 29.2. The highest BCUT2D eigenvalue weighted by Crippen LogP contribution is 2.76. The van der Waals surface area contributed by atoms with Crippen LogP contribution in [0.3, 0.4) is 0 Å². The van der Waals surface area contributed by atoms with E-state index >= 15 is 0 Å². The molecule has 1 aliphatic rings. The van der Waals surface area contributed by atoms with Crippen LogP contribution in [0.25, 0.3) is 51.4 Å². The second-order valence-corrected chi connectivity index (χ2v) is 22.1. The van der Waals surface area contributed by atoms with Gasteiger partial charge in [0.25, 0.3) is 0 Å². The van der Waals surface area contributed by atoms with Crippen LogP contribution in [-0.2, 0) is 0 Å². The van der Waals surface area contributed by atoms with Crippen LogP contribution in [0.2, 0.25) is 0 Å². The lowest BCUT2D eigenvalue weighted by Crippen LogP contribution is -2.20. The van der Waals surface area contributed by atoms with Crippen molar-refractivity contribution < 1.29 is 0 Å². The minimum Gasteiger partial charge on any atom is -0.184 e. The number of fused-ring (bicyclic) bond motifs is 4. The van der Waals surface area contributed by atoms with Crippen LogP contribution in [0.5, 0.6) is 0 Å². The molecule has 0 saturated carbocycles. The Labute approximate surface area is 309 Å². The summed E-state index contributed by atoms with van der Waals surface area (Å²) >= 11 is 9.22. The molecule has 0 aliphatic carbocycles. The fourth-order valence-electron chi connectivity index (χ4n) is 7.49. The molecule has 6 aromatic rings. The average Bonchev–Trinajstić information content (AvgIpc) is 3.94. The molecule has 2 unspecified atom stereocenters. The maximum Gasteiger partial charge on any atom is 0.114 e. The van der Waals surface area contributed by atoms with E-state index in [4.69, 9.17) is 8.75 Å². The first-order valence-electron chi connectivity index (χ1n) is 17.8. The van der Waals surface area contributed by atoms with Gasteiger partial charge in [-0.05, 0) is 86.4 Å². The number of hydrogen-bond acceptors (Lipinski definition) is 7. The predicted octanol–water partition coefficient (Wildman–Crippen LogP) is 15.2. The van der Waals surface area contributed by atoms with Gasteiger partial charge in [-0.15, -0.1) is 45.3 Å². The second kappa shape index (κ2) is 14.8. The number of nitrogens with zero attached hydrogens (tertiary/aromatic N) is 2. The van der Waals surface area contributed by atoms with Crippen LogP contribution in [0.4, 0.5) is 0 Å². The zero-order valence-corrected chi connectivity index (χ0v) is 34.1. The third-order valence-electron chi connectivity index (χ3n) is 10.2. The minimum atomic E-state index is -1.12. The van der Waals surface area contributed by atoms with Crippen LogP contribution in [0.15, 0.2) is 58.3 Å². The summed E-state index contributed by atoms with van der Waals surface area (Å²) in [5, 5.41) is 0. The summed E-state index contributed by atoms with van der Waals surface area (Å²) in [5.74, 6) is 4.35. The van der Waals surface area contributed by atoms with Crippen molar-refractivity contribution in [3.63, 3.8) is 0 Å². The molecule has 5 aromatic heterocycles. The van der Waals surface area contributed by atoms with Gasteiger partial charge in [0, 0.05) is 50.2 Å². The molecule has 2 atom stereocenters. The van der Waals surface area contributed by atoms with Crippen LogP contribution in [0, 0.1) is 25.7 Å². The van der Waals surface area contributed by atoms with Crippen LogP contribution in [-0.4, -0.2) is 20.3 Å². The predicted molar refractivity (Wildman–Crippen MR) is 221 cm³/mol. The van der Waals surface area contributed by atoms with Crippen molar-refractivity contribution in [1.82, 2.24) is 8.75 Å². The van der Waals surface area contributed by atoms with E-state index in [-0.39, 0.29) is 0 Å². The molecule has 0 radical (unpaired) electrons. The monoisotopic (exact) mass is 748 g/mol. The number of rotatable bonds is 15. The number of unbranched alkanes of at least 4 members (excludes halogenated alkanes) is 2. The summed E-state index contributed by atoms with van der Waals surface area (Å²) in [5.41, 5.74) is 4.46. The lowest BCUT2D eigenvalue weighted by molar-refractivity contribution is 0.484. The number of thiophene rings is 4. The minimum absolute atomic E-state index is 0.800. The summed E-state index contributed by atoms with van der Waals surface area (Å²) in [7, 11) is -1.12. The molecule has 48 heavy (non-hydrogen) atoms. The summed E-state index contributed by atoms with van der Waals surface area (Å²) in [6.07, 6.45) is 10.6. The molecule has 0 N–H and O–H groups in total. The van der Waals surface area contributed by atoms with E-state index in [9.17, 15) is 0 Å². The number of aromatic nitrogens is 2. The van der Waals surface area contributed by atoms with E-state index in [1.165, 1.54) is 115 Å². The molecule has 8 heteroatoms. The molecular weight excluding hydrogens is 701 g/mol. The fraction of sp³-hybridized carbons (Fsp3) is 0.450. The van der Waals surface area contributed by atoms with Crippen LogP contribution >= 0.6 is 67.1 Å². The van der Waals surface area contributed by atoms with Gasteiger partial charge >= 0.3 is 0 Å². The van der Waals surface area contributed by atoms with Crippen molar-refractivity contribution in [2.24, 2.45) is 11.8 Å². The summed E-state index contributed by atoms with van der Waals surface area (Å²) in [4.78, 5) is 14.9. The Hall–Kier alpha value is -1.81. The van der Waals surface area contributed by atoms with Crippen LogP contribution < -0.4 is 0 Å². The molecule has 0 fully saturated rings. The molecule has 254 valence electrons. The van der Waals surface area contributed by atoms with E-state index in [1.807, 2.05) is 22.7 Å². The van der Waals surface area contributed by atoms with Gasteiger partial charge in [0.05, 0.1) is 21.5 Å². The number of aryl methyl sites for hydroxylation is 2. The lowest BCUT2D eigenvalue weighted by Gasteiger charge is -2.42. The van der Waals surface area contributed by atoms with Crippen molar-refractivity contribution >= 4 is 78.1 Å². The van der Waals surface area contributed by atoms with E-state index in [0.29, 0.717) is 0 Å². The topological polar surface area (TPSA) is 25.8 Å². The van der Waals surface area contributed by atoms with Gasteiger partial charge in [-0.3, -0.25) is 0 Å². The third kappa shape index (κ3) is 6.43. The molecule has 0 bridgehead atoms. The molecule has 1 aliphatic heterocycles. The molecule has 7 rings (SSSR count). The highest BCUT2D eigenvalue weighted by molar-refractivity contribution is 8.34. The van der Waals surface area contributed by atoms with Gasteiger partial charge in [-0.2, -0.15) is 18.8 Å². The van der Waals surface area contributed by atoms with Gasteiger partial charge < -0.3 is 0 Å². The fourth-order valence-corrected chi connectivity index (χ4v) is 18.8. The number of benzene rings is 1. The second-order valence-electron chi connectivity index (χ2n) is 13.6. The largest absolute Gasteiger partial charge is 0.184 e. The van der Waals surface area contributed by atoms with E-state index in [2.05, 4.69) is 113 Å². The van der Waals surface area contributed by atoms with Crippen molar-refractivity contribution in [2.75, 3.05) is 11.5 Å². The first-order valence-corrected chi connectivity index (χ1v) is 23.8. The first kappa shape index (κ1) is 34.6. The smallest absolute Gasteiger partial charge is 0.114 e. The highest BCUT2D eigenvalue weighted by Gasteiger charge is 2.44. The van der Waals surface area contributed by atoms with Crippen molar-refractivity contribution in [3.05, 3.63) is 58.3 Å². The summed E-state index contributed by atoms with van der Waals surface area (Å²) in [6.45, 7) is 14.1. The van der Waals surface area contributed by atoms with Gasteiger partial charge in [0.1, 0.15) is 11.0 Å². The maximum absolute atomic E-state index is 4.82. The van der Waals surface area contributed by atoms with E-state index in [0.717, 1.165) is 22.9 Å². The SMILES string of the molecule is CCCCC(CC)CS1(CC(CC)CCCC)c2cc(C)sc2-c2sc(-c3ccc(-c4ccc(-c5ccc(C)s5)c5nsnc45)s3)cc21. The normalized spacial score (nSPS) is 18.2. The molecule has 1 aromatic carbocycles. The first-order chi connectivity index (χ1) is 23.4. The van der Waals surface area contributed by atoms with Crippen molar-refractivity contribution in [3.8, 4) is 40.4 Å². The van der Waals surface area contributed by atoms with Gasteiger partial charge in [-0.25, -0.2) is 0 Å². The summed E-state index contributed by atoms with van der Waals surface area (Å²) in [6, 6.07) is 18.9. The van der Waals surface area contributed by atoms with Gasteiger partial charge in [-0.1, -0.05) is 78.4 Å². The Bertz CT molecular complexity index is 1980. The molecule has 2 nitrogen and oxygen atoms in total. The Morgan fingerprint density at radius 3 is 1.73 bits per heavy atom. The van der Waals surface area contributed by atoms with Gasteiger partial charge in [0.2, 0.25) is 0 Å². The molecule has 0 amide bonds. The Morgan fingerprint density at radius 2 is 1.15 bits per heavy atom. The number of hydrogen-bond donors (Lipinski definition) is 0. The van der Waals surface area contributed by atoms with E-state index < -0.39 is 10.0 Å². The van der Waals surface area contributed by atoms with Gasteiger partial charge in [0.15, 0.2) is 0 Å². The van der Waals surface area contributed by atoms with Crippen LogP contribution in [0.1, 0.15) is 88.8 Å². The lowest BCUT2D eigenvalue weighted by atomic mass is 10.0. The quantitative estimate of drug-likeness (QED) is 0.104. The highest BCUT2D eigenvalue weighted by atomic mass is 32.3.